The average Bonchev–Trinajstić information content (AvgIpc) is 3.43. The van der Waals surface area contributed by atoms with E-state index in [1.165, 1.54) is 46.9 Å². The van der Waals surface area contributed by atoms with Gasteiger partial charge in [-0.25, -0.2) is 9.37 Å². The summed E-state index contributed by atoms with van der Waals surface area (Å²) in [6.45, 7) is 4.06. The molecule has 1 aromatic carbocycles. The number of hydrogen-bond acceptors (Lipinski definition) is 7. The molecule has 0 aliphatic carbocycles. The van der Waals surface area contributed by atoms with E-state index < -0.39 is 23.6 Å². The molecule has 0 spiro atoms. The van der Waals surface area contributed by atoms with E-state index >= 15 is 0 Å². The van der Waals surface area contributed by atoms with Gasteiger partial charge in [-0.15, -0.1) is 10.2 Å². The number of ether oxygens (including phenoxy) is 2. The number of hydrogen-bond donors (Lipinski definition) is 1. The fourth-order valence-electron chi connectivity index (χ4n) is 4.73. The third-order valence-electron chi connectivity index (χ3n) is 6.80. The van der Waals surface area contributed by atoms with Gasteiger partial charge in [-0.2, -0.15) is 13.2 Å². The lowest BCUT2D eigenvalue weighted by molar-refractivity contribution is -0.184. The van der Waals surface area contributed by atoms with Gasteiger partial charge in [0.2, 0.25) is 0 Å². The zero-order chi connectivity index (χ0) is 27.2. The Labute approximate surface area is 216 Å². The first-order valence-electron chi connectivity index (χ1n) is 12.2. The molecule has 4 aromatic rings. The maximum absolute atomic E-state index is 14.5. The Morgan fingerprint density at radius 1 is 1.16 bits per heavy atom. The number of methoxy groups -OCH3 is 1. The lowest BCUT2D eigenvalue weighted by Crippen LogP contribution is -2.43. The van der Waals surface area contributed by atoms with Gasteiger partial charge in [-0.05, 0) is 44.0 Å². The average molecular weight is 533 g/mol. The molecule has 3 aromatic heterocycles. The number of halogens is 4. The maximum atomic E-state index is 14.5. The number of pyridine rings is 2. The topological polar surface area (TPSA) is 90.8 Å². The van der Waals surface area contributed by atoms with Crippen molar-refractivity contribution in [3.05, 3.63) is 54.0 Å². The van der Waals surface area contributed by atoms with Crippen molar-refractivity contribution in [3.8, 4) is 17.3 Å². The largest absolute Gasteiger partial charge is 0.488 e. The Morgan fingerprint density at radius 2 is 1.95 bits per heavy atom. The van der Waals surface area contributed by atoms with Crippen LogP contribution in [0.3, 0.4) is 0 Å². The first-order valence-corrected chi connectivity index (χ1v) is 12.2. The van der Waals surface area contributed by atoms with Gasteiger partial charge >= 0.3 is 6.18 Å². The van der Waals surface area contributed by atoms with Crippen LogP contribution in [0, 0.1) is 5.82 Å². The second kappa shape index (κ2) is 9.75. The van der Waals surface area contributed by atoms with Crippen LogP contribution < -0.4 is 10.5 Å². The third-order valence-corrected chi connectivity index (χ3v) is 6.80. The number of likely N-dealkylation sites (tertiary alicyclic amines) is 1. The first-order chi connectivity index (χ1) is 17.9. The summed E-state index contributed by atoms with van der Waals surface area (Å²) in [4.78, 5) is 5.95. The van der Waals surface area contributed by atoms with Crippen LogP contribution in [0.15, 0.2) is 42.6 Å². The molecule has 2 N–H and O–H groups in total. The minimum Gasteiger partial charge on any atom is -0.488 e. The predicted molar refractivity (Wildman–Crippen MR) is 133 cm³/mol. The van der Waals surface area contributed by atoms with Gasteiger partial charge in [-0.1, -0.05) is 12.1 Å². The zero-order valence-electron chi connectivity index (χ0n) is 21.2. The lowest BCUT2D eigenvalue weighted by Gasteiger charge is -2.31. The minimum atomic E-state index is -4.51. The van der Waals surface area contributed by atoms with E-state index in [4.69, 9.17) is 15.2 Å². The number of nitrogens with zero attached hydrogens (tertiary/aromatic N) is 5. The van der Waals surface area contributed by atoms with E-state index in [0.29, 0.717) is 28.7 Å². The quantitative estimate of drug-likeness (QED) is 0.350. The van der Waals surface area contributed by atoms with Gasteiger partial charge in [0, 0.05) is 43.4 Å². The number of rotatable bonds is 7. The molecular weight excluding hydrogens is 504 g/mol. The minimum absolute atomic E-state index is 0.0185. The molecule has 1 saturated heterocycles. The van der Waals surface area contributed by atoms with Gasteiger partial charge < -0.3 is 15.2 Å². The van der Waals surface area contributed by atoms with Gasteiger partial charge in [0.25, 0.3) is 0 Å². The molecule has 3 atom stereocenters. The molecule has 38 heavy (non-hydrogen) atoms. The molecule has 5 rings (SSSR count). The van der Waals surface area contributed by atoms with E-state index in [1.54, 1.807) is 26.0 Å². The van der Waals surface area contributed by atoms with Gasteiger partial charge in [0.05, 0.1) is 11.6 Å². The Balaban J connectivity index is 1.53. The number of nitrogens with two attached hydrogens (primary N) is 1. The summed E-state index contributed by atoms with van der Waals surface area (Å²) in [5, 5.41) is 8.82. The van der Waals surface area contributed by atoms with Crippen molar-refractivity contribution in [2.24, 2.45) is 5.73 Å². The van der Waals surface area contributed by atoms with E-state index in [-0.39, 0.29) is 42.9 Å². The van der Waals surface area contributed by atoms with Crippen LogP contribution in [-0.4, -0.2) is 69.1 Å². The molecule has 0 saturated carbocycles. The summed E-state index contributed by atoms with van der Waals surface area (Å²) >= 11 is 0. The Kier molecular flexibility index (Phi) is 6.74. The van der Waals surface area contributed by atoms with E-state index in [0.717, 1.165) is 0 Å². The predicted octanol–water partition coefficient (Wildman–Crippen LogP) is 4.52. The molecular formula is C26H28F4N6O2. The van der Waals surface area contributed by atoms with Gasteiger partial charge in [0.1, 0.15) is 18.3 Å². The van der Waals surface area contributed by atoms with Crippen LogP contribution in [0.1, 0.15) is 31.9 Å². The van der Waals surface area contributed by atoms with Crippen LogP contribution in [0.2, 0.25) is 0 Å². The van der Waals surface area contributed by atoms with Crippen molar-refractivity contribution in [1.82, 2.24) is 24.5 Å². The number of benzene rings is 1. The van der Waals surface area contributed by atoms with Crippen molar-refractivity contribution in [3.63, 3.8) is 0 Å². The molecule has 1 aliphatic rings. The lowest BCUT2D eigenvalue weighted by atomic mass is 10.0. The van der Waals surface area contributed by atoms with Crippen LogP contribution >= 0.6 is 0 Å². The molecule has 0 radical (unpaired) electrons. The highest BCUT2D eigenvalue weighted by Gasteiger charge is 2.48. The van der Waals surface area contributed by atoms with Crippen molar-refractivity contribution in [2.45, 2.75) is 44.1 Å². The normalized spacial score (nSPS) is 20.3. The fraction of sp³-hybridized carbons (Fsp3) is 0.423. The molecule has 0 amide bonds. The van der Waals surface area contributed by atoms with Crippen LogP contribution in [-0.2, 0) is 4.74 Å². The number of alkyl halides is 3. The summed E-state index contributed by atoms with van der Waals surface area (Å²) < 4.78 is 69.5. The number of fused-ring (bicyclic) bond motifs is 2. The second-order valence-electron chi connectivity index (χ2n) is 10.1. The molecule has 1 aliphatic heterocycles. The Bertz CT molecular complexity index is 1470. The Morgan fingerprint density at radius 3 is 2.63 bits per heavy atom. The van der Waals surface area contributed by atoms with Crippen molar-refractivity contribution >= 4 is 16.6 Å². The third kappa shape index (κ3) is 5.16. The summed E-state index contributed by atoms with van der Waals surface area (Å²) in [6, 6.07) is 7.17. The van der Waals surface area contributed by atoms with E-state index in [1.807, 2.05) is 0 Å². The molecule has 202 valence electrons. The standard InChI is InChI=1S/C26H28F4N6O2/c1-15(37-3)13-38-21-11-20-16(10-18(21)27)4-6-19(32-20)24-34-33-22-7-5-17(12-36(22)24)23(26(28,29)30)35-9-8-25(2,31)14-35/h4-7,10-12,15,23H,8-9,13-14,31H2,1-3H3. The SMILES string of the molecule is COC(C)COc1cc2nc(-c3nnc4ccc(C(N5CCC(C)(N)C5)C(F)(F)F)cn34)ccc2cc1F. The second-order valence-corrected chi connectivity index (χ2v) is 10.1. The summed E-state index contributed by atoms with van der Waals surface area (Å²) in [5.41, 5.74) is 6.66. The molecule has 3 unspecified atom stereocenters. The summed E-state index contributed by atoms with van der Waals surface area (Å²) in [5.74, 6) is -0.263. The maximum Gasteiger partial charge on any atom is 0.408 e. The van der Waals surface area contributed by atoms with Crippen molar-refractivity contribution in [1.29, 1.82) is 0 Å². The van der Waals surface area contributed by atoms with E-state index in [2.05, 4.69) is 15.2 Å². The van der Waals surface area contributed by atoms with Gasteiger partial charge in [0.15, 0.2) is 23.0 Å². The first kappa shape index (κ1) is 26.3. The van der Waals surface area contributed by atoms with Crippen molar-refractivity contribution < 1.29 is 27.0 Å². The molecule has 12 heteroatoms. The monoisotopic (exact) mass is 532 g/mol. The highest BCUT2D eigenvalue weighted by molar-refractivity contribution is 5.82. The molecule has 8 nitrogen and oxygen atoms in total. The molecule has 1 fully saturated rings. The van der Waals surface area contributed by atoms with Crippen LogP contribution in [0.25, 0.3) is 28.1 Å². The van der Waals surface area contributed by atoms with Crippen molar-refractivity contribution in [2.75, 3.05) is 26.8 Å². The molecule has 4 heterocycles. The summed E-state index contributed by atoms with van der Waals surface area (Å²) in [6.07, 6.45) is -2.88. The smallest absolute Gasteiger partial charge is 0.408 e. The zero-order valence-corrected chi connectivity index (χ0v) is 21.2. The highest BCUT2D eigenvalue weighted by Crippen LogP contribution is 2.41. The Hall–Kier alpha value is -3.35. The number of aromatic nitrogens is 4. The van der Waals surface area contributed by atoms with Crippen LogP contribution in [0.5, 0.6) is 5.75 Å². The fourth-order valence-corrected chi connectivity index (χ4v) is 4.73. The van der Waals surface area contributed by atoms with Gasteiger partial charge in [-0.3, -0.25) is 9.30 Å². The summed E-state index contributed by atoms with van der Waals surface area (Å²) in [7, 11) is 1.53. The van der Waals surface area contributed by atoms with E-state index in [9.17, 15) is 17.6 Å². The molecule has 0 bridgehead atoms. The van der Waals surface area contributed by atoms with Crippen LogP contribution in [0.4, 0.5) is 17.6 Å². The highest BCUT2D eigenvalue weighted by atomic mass is 19.4.